The van der Waals surface area contributed by atoms with Crippen LogP contribution in [0.15, 0.2) is 18.5 Å². The number of rotatable bonds is 5. The Hall–Kier alpha value is -2.44. The minimum Gasteiger partial charge on any atom is -0.356 e. The fourth-order valence-corrected chi connectivity index (χ4v) is 3.50. The number of anilines is 1. The van der Waals surface area contributed by atoms with Gasteiger partial charge in [0, 0.05) is 50.3 Å². The highest BCUT2D eigenvalue weighted by Gasteiger charge is 2.24. The monoisotopic (exact) mass is 398 g/mol. The maximum atomic E-state index is 12.2. The van der Waals surface area contributed by atoms with E-state index in [1.807, 2.05) is 7.05 Å². The van der Waals surface area contributed by atoms with Gasteiger partial charge in [-0.3, -0.25) is 9.48 Å². The number of nitrogens with one attached hydrogen (secondary N) is 1. The van der Waals surface area contributed by atoms with Crippen molar-refractivity contribution < 1.29 is 4.79 Å². The first-order valence-electron chi connectivity index (χ1n) is 10.5. The van der Waals surface area contributed by atoms with Gasteiger partial charge >= 0.3 is 0 Å². The molecule has 1 aliphatic rings. The van der Waals surface area contributed by atoms with Gasteiger partial charge in [0.25, 0.3) is 5.91 Å². The Kier molecular flexibility index (Phi) is 6.24. The lowest BCUT2D eigenvalue weighted by Crippen LogP contribution is -2.39. The Morgan fingerprint density at radius 3 is 2.48 bits per heavy atom. The molecular formula is C22H34N6O. The first-order chi connectivity index (χ1) is 13.6. The molecule has 0 atom stereocenters. The molecule has 158 valence electrons. The number of hydrogen-bond donors (Lipinski definition) is 1. The van der Waals surface area contributed by atoms with Crippen molar-refractivity contribution in [2.75, 3.05) is 24.5 Å². The molecule has 1 N–H and O–H groups in total. The van der Waals surface area contributed by atoms with Crippen LogP contribution in [0, 0.1) is 5.92 Å². The molecule has 1 saturated heterocycles. The van der Waals surface area contributed by atoms with Gasteiger partial charge in [-0.15, -0.1) is 0 Å². The fraction of sp³-hybridized carbons (Fsp3) is 0.636. The second-order valence-electron chi connectivity index (χ2n) is 9.42. The van der Waals surface area contributed by atoms with Crippen LogP contribution in [0.25, 0.3) is 0 Å². The first kappa shape index (κ1) is 21.3. The van der Waals surface area contributed by atoms with Crippen LogP contribution in [-0.2, 0) is 12.5 Å². The third-order valence-corrected chi connectivity index (χ3v) is 5.47. The van der Waals surface area contributed by atoms with Crippen molar-refractivity contribution in [2.45, 2.75) is 58.8 Å². The molecule has 0 spiro atoms. The molecule has 0 radical (unpaired) electrons. The van der Waals surface area contributed by atoms with Crippen molar-refractivity contribution in [3.63, 3.8) is 0 Å². The zero-order valence-corrected chi connectivity index (χ0v) is 18.6. The van der Waals surface area contributed by atoms with Crippen LogP contribution in [0.3, 0.4) is 0 Å². The van der Waals surface area contributed by atoms with Gasteiger partial charge in [-0.05, 0) is 18.8 Å². The van der Waals surface area contributed by atoms with Crippen molar-refractivity contribution in [3.05, 3.63) is 35.5 Å². The predicted molar refractivity (Wildman–Crippen MR) is 115 cm³/mol. The zero-order chi connectivity index (χ0) is 21.2. The van der Waals surface area contributed by atoms with Gasteiger partial charge in [0.15, 0.2) is 0 Å². The molecule has 1 fully saturated rings. The lowest BCUT2D eigenvalue weighted by atomic mass is 9.91. The minimum absolute atomic E-state index is 0.00374. The molecule has 29 heavy (non-hydrogen) atoms. The number of aromatic nitrogens is 4. The number of amides is 1. The highest BCUT2D eigenvalue weighted by atomic mass is 16.1. The van der Waals surface area contributed by atoms with E-state index in [0.29, 0.717) is 23.9 Å². The summed E-state index contributed by atoms with van der Waals surface area (Å²) in [6.45, 7) is 13.5. The summed E-state index contributed by atoms with van der Waals surface area (Å²) in [6.07, 6.45) is 5.43. The van der Waals surface area contributed by atoms with Crippen molar-refractivity contribution in [1.82, 2.24) is 25.1 Å². The number of aryl methyl sites for hydroxylation is 1. The Morgan fingerprint density at radius 1 is 1.24 bits per heavy atom. The van der Waals surface area contributed by atoms with E-state index in [0.717, 1.165) is 43.3 Å². The number of carbonyl (C=O) groups excluding carboxylic acids is 1. The molecule has 1 amide bonds. The highest BCUT2D eigenvalue weighted by molar-refractivity contribution is 5.93. The van der Waals surface area contributed by atoms with Crippen LogP contribution in [0.1, 0.15) is 75.3 Å². The van der Waals surface area contributed by atoms with Crippen molar-refractivity contribution in [3.8, 4) is 0 Å². The normalized spacial score (nSPS) is 15.8. The summed E-state index contributed by atoms with van der Waals surface area (Å²) in [5.74, 6) is 2.69. The molecule has 0 bridgehead atoms. The first-order valence-corrected chi connectivity index (χ1v) is 10.5. The quantitative estimate of drug-likeness (QED) is 0.836. The Balaban J connectivity index is 1.60. The van der Waals surface area contributed by atoms with Gasteiger partial charge in [0.1, 0.15) is 11.6 Å². The molecular weight excluding hydrogens is 364 g/mol. The highest BCUT2D eigenvalue weighted by Crippen LogP contribution is 2.28. The summed E-state index contributed by atoms with van der Waals surface area (Å²) < 4.78 is 1.65. The second-order valence-corrected chi connectivity index (χ2v) is 9.42. The smallest absolute Gasteiger partial charge is 0.254 e. The fourth-order valence-electron chi connectivity index (χ4n) is 3.50. The molecule has 2 aromatic rings. The van der Waals surface area contributed by atoms with E-state index in [1.54, 1.807) is 17.1 Å². The van der Waals surface area contributed by atoms with Crippen LogP contribution >= 0.6 is 0 Å². The van der Waals surface area contributed by atoms with Crippen molar-refractivity contribution >= 4 is 11.7 Å². The van der Waals surface area contributed by atoms with Crippen molar-refractivity contribution in [2.24, 2.45) is 13.0 Å². The summed E-state index contributed by atoms with van der Waals surface area (Å²) in [7, 11) is 1.81. The average molecular weight is 399 g/mol. The lowest BCUT2D eigenvalue weighted by molar-refractivity contribution is 0.0945. The van der Waals surface area contributed by atoms with E-state index in [2.05, 4.69) is 56.0 Å². The van der Waals surface area contributed by atoms with E-state index in [9.17, 15) is 4.79 Å². The molecule has 2 aromatic heterocycles. The topological polar surface area (TPSA) is 75.9 Å². The van der Waals surface area contributed by atoms with Gasteiger partial charge in [-0.2, -0.15) is 5.10 Å². The molecule has 0 unspecified atom stereocenters. The predicted octanol–water partition coefficient (Wildman–Crippen LogP) is 3.28. The SMILES string of the molecule is CC(C)c1nc(N2CCC(CNC(=O)c3cnn(C)c3)CC2)cc(C(C)(C)C)n1. The van der Waals surface area contributed by atoms with E-state index in [1.165, 1.54) is 0 Å². The number of nitrogens with zero attached hydrogens (tertiary/aromatic N) is 5. The van der Waals surface area contributed by atoms with Gasteiger partial charge < -0.3 is 10.2 Å². The van der Waals surface area contributed by atoms with Crippen LogP contribution in [-0.4, -0.2) is 45.3 Å². The lowest BCUT2D eigenvalue weighted by Gasteiger charge is -2.34. The maximum Gasteiger partial charge on any atom is 0.254 e. The van der Waals surface area contributed by atoms with Crippen LogP contribution in [0.5, 0.6) is 0 Å². The van der Waals surface area contributed by atoms with Gasteiger partial charge in [-0.1, -0.05) is 34.6 Å². The van der Waals surface area contributed by atoms with E-state index in [-0.39, 0.29) is 11.3 Å². The van der Waals surface area contributed by atoms with E-state index in [4.69, 9.17) is 9.97 Å². The minimum atomic E-state index is -0.0484. The van der Waals surface area contributed by atoms with Gasteiger partial charge in [0.2, 0.25) is 0 Å². The molecule has 0 aliphatic carbocycles. The van der Waals surface area contributed by atoms with Gasteiger partial charge in [0.05, 0.1) is 17.5 Å². The Labute approximate surface area is 173 Å². The van der Waals surface area contributed by atoms with Crippen LogP contribution < -0.4 is 10.2 Å². The van der Waals surface area contributed by atoms with Crippen molar-refractivity contribution in [1.29, 1.82) is 0 Å². The second kappa shape index (κ2) is 8.51. The molecule has 0 saturated carbocycles. The molecule has 3 heterocycles. The Bertz CT molecular complexity index is 843. The molecule has 0 aromatic carbocycles. The summed E-state index contributed by atoms with van der Waals surface area (Å²) in [5, 5.41) is 7.11. The number of piperidine rings is 1. The van der Waals surface area contributed by atoms with Crippen LogP contribution in [0.4, 0.5) is 5.82 Å². The summed E-state index contributed by atoms with van der Waals surface area (Å²) in [5.41, 5.74) is 1.70. The third-order valence-electron chi connectivity index (χ3n) is 5.47. The molecule has 7 nitrogen and oxygen atoms in total. The zero-order valence-electron chi connectivity index (χ0n) is 18.6. The Morgan fingerprint density at radius 2 is 1.93 bits per heavy atom. The maximum absolute atomic E-state index is 12.2. The summed E-state index contributed by atoms with van der Waals surface area (Å²) in [4.78, 5) is 24.2. The van der Waals surface area contributed by atoms with Gasteiger partial charge in [-0.25, -0.2) is 9.97 Å². The largest absolute Gasteiger partial charge is 0.356 e. The number of hydrogen-bond acceptors (Lipinski definition) is 5. The molecule has 7 heteroatoms. The average Bonchev–Trinajstić information content (AvgIpc) is 3.12. The van der Waals surface area contributed by atoms with Crippen LogP contribution in [0.2, 0.25) is 0 Å². The molecule has 1 aliphatic heterocycles. The number of carbonyl (C=O) groups is 1. The summed E-state index contributed by atoms with van der Waals surface area (Å²) in [6, 6.07) is 2.15. The standard InChI is InChI=1S/C22H34N6O/c1-15(2)20-25-18(22(3,4)5)11-19(26-20)28-9-7-16(8-10-28)12-23-21(29)17-13-24-27(6)14-17/h11,13-16H,7-10,12H2,1-6H3,(H,23,29). The van der Waals surface area contributed by atoms with E-state index < -0.39 is 0 Å². The molecule has 3 rings (SSSR count). The van der Waals surface area contributed by atoms with E-state index >= 15 is 0 Å². The summed E-state index contributed by atoms with van der Waals surface area (Å²) >= 11 is 0. The third kappa shape index (κ3) is 5.34.